The number of aryl methyl sites for hydroxylation is 1. The zero-order chi connectivity index (χ0) is 19.7. The van der Waals surface area contributed by atoms with Crippen LogP contribution < -0.4 is 10.5 Å². The van der Waals surface area contributed by atoms with Crippen LogP contribution in [0.15, 0.2) is 70.8 Å². The molecular formula is C22H20N4OS. The predicted octanol–water partition coefficient (Wildman–Crippen LogP) is 4.38. The van der Waals surface area contributed by atoms with E-state index in [1.165, 1.54) is 22.3 Å². The van der Waals surface area contributed by atoms with E-state index in [4.69, 9.17) is 0 Å². The SMILES string of the molecule is Cc1sc2ncn(/N=C\c3ccc(N(C)C)cc3)c(=O)c2c1-c1ccccc1. The summed E-state index contributed by atoms with van der Waals surface area (Å²) in [5.41, 5.74) is 3.83. The van der Waals surface area contributed by atoms with Crippen molar-refractivity contribution in [2.45, 2.75) is 6.92 Å². The molecule has 0 saturated carbocycles. The van der Waals surface area contributed by atoms with Crippen molar-refractivity contribution in [3.63, 3.8) is 0 Å². The van der Waals surface area contributed by atoms with Gasteiger partial charge in [0.25, 0.3) is 5.56 Å². The van der Waals surface area contributed by atoms with Gasteiger partial charge in [0.15, 0.2) is 0 Å². The van der Waals surface area contributed by atoms with Crippen LogP contribution in [0.4, 0.5) is 5.69 Å². The Balaban J connectivity index is 1.77. The summed E-state index contributed by atoms with van der Waals surface area (Å²) in [5, 5.41) is 4.97. The highest BCUT2D eigenvalue weighted by molar-refractivity contribution is 7.19. The first-order valence-electron chi connectivity index (χ1n) is 8.92. The van der Waals surface area contributed by atoms with Gasteiger partial charge in [-0.05, 0) is 30.2 Å². The second-order valence-corrected chi connectivity index (χ2v) is 7.91. The topological polar surface area (TPSA) is 50.5 Å². The highest BCUT2D eigenvalue weighted by Crippen LogP contribution is 2.35. The van der Waals surface area contributed by atoms with E-state index < -0.39 is 0 Å². The van der Waals surface area contributed by atoms with Gasteiger partial charge >= 0.3 is 0 Å². The lowest BCUT2D eigenvalue weighted by Gasteiger charge is -2.11. The van der Waals surface area contributed by atoms with Gasteiger partial charge < -0.3 is 4.90 Å². The van der Waals surface area contributed by atoms with Crippen LogP contribution >= 0.6 is 11.3 Å². The quantitative estimate of drug-likeness (QED) is 0.488. The number of aromatic nitrogens is 2. The molecular weight excluding hydrogens is 368 g/mol. The van der Waals surface area contributed by atoms with Crippen molar-refractivity contribution in [1.82, 2.24) is 9.66 Å². The fraction of sp³-hybridized carbons (Fsp3) is 0.136. The third-order valence-electron chi connectivity index (χ3n) is 4.58. The van der Waals surface area contributed by atoms with Crippen molar-refractivity contribution < 1.29 is 0 Å². The molecule has 4 rings (SSSR count). The summed E-state index contributed by atoms with van der Waals surface area (Å²) in [4.78, 5) is 21.4. The Hall–Kier alpha value is -3.25. The molecule has 0 aliphatic carbocycles. The third-order valence-corrected chi connectivity index (χ3v) is 5.59. The monoisotopic (exact) mass is 388 g/mol. The number of fused-ring (bicyclic) bond motifs is 1. The summed E-state index contributed by atoms with van der Waals surface area (Å²) in [6, 6.07) is 17.9. The summed E-state index contributed by atoms with van der Waals surface area (Å²) in [7, 11) is 3.99. The first kappa shape index (κ1) is 18.1. The maximum absolute atomic E-state index is 13.1. The standard InChI is InChI=1S/C22H20N4OS/c1-15-19(17-7-5-4-6-8-17)20-21(28-15)23-14-26(22(20)27)24-13-16-9-11-18(12-10-16)25(2)3/h4-14H,1-3H3/b24-13-. The van der Waals surface area contributed by atoms with Gasteiger partial charge in [-0.25, -0.2) is 4.98 Å². The Kier molecular flexibility index (Phi) is 4.79. The van der Waals surface area contributed by atoms with E-state index in [1.807, 2.05) is 80.5 Å². The molecule has 4 aromatic rings. The highest BCUT2D eigenvalue weighted by Gasteiger charge is 2.16. The fourth-order valence-corrected chi connectivity index (χ4v) is 4.12. The van der Waals surface area contributed by atoms with E-state index in [-0.39, 0.29) is 5.56 Å². The van der Waals surface area contributed by atoms with E-state index in [0.29, 0.717) is 5.39 Å². The van der Waals surface area contributed by atoms with Crippen LogP contribution in [0, 0.1) is 6.92 Å². The summed E-state index contributed by atoms with van der Waals surface area (Å²) in [6.07, 6.45) is 3.16. The zero-order valence-electron chi connectivity index (χ0n) is 16.0. The molecule has 0 N–H and O–H groups in total. The molecule has 6 heteroatoms. The molecule has 0 aliphatic rings. The Morgan fingerprint density at radius 1 is 1.07 bits per heavy atom. The highest BCUT2D eigenvalue weighted by atomic mass is 32.1. The number of thiophene rings is 1. The van der Waals surface area contributed by atoms with Gasteiger partial charge in [0.1, 0.15) is 11.2 Å². The van der Waals surface area contributed by atoms with E-state index in [9.17, 15) is 4.79 Å². The summed E-state index contributed by atoms with van der Waals surface area (Å²) in [6.45, 7) is 2.02. The smallest absolute Gasteiger partial charge is 0.283 e. The minimum absolute atomic E-state index is 0.158. The van der Waals surface area contributed by atoms with Crippen molar-refractivity contribution in [3.8, 4) is 11.1 Å². The number of anilines is 1. The van der Waals surface area contributed by atoms with Gasteiger partial charge in [0.2, 0.25) is 0 Å². The average Bonchev–Trinajstić information content (AvgIpc) is 3.05. The summed E-state index contributed by atoms with van der Waals surface area (Å²) < 4.78 is 1.31. The minimum Gasteiger partial charge on any atom is -0.378 e. The number of rotatable bonds is 4. The first-order valence-corrected chi connectivity index (χ1v) is 9.74. The Morgan fingerprint density at radius 2 is 1.79 bits per heavy atom. The lowest BCUT2D eigenvalue weighted by atomic mass is 10.0. The van der Waals surface area contributed by atoms with Crippen LogP contribution in [0.2, 0.25) is 0 Å². The number of hydrogen-bond donors (Lipinski definition) is 0. The molecule has 0 saturated heterocycles. The molecule has 2 aromatic heterocycles. The second-order valence-electron chi connectivity index (χ2n) is 6.70. The van der Waals surface area contributed by atoms with Crippen LogP contribution in [0.1, 0.15) is 10.4 Å². The summed E-state index contributed by atoms with van der Waals surface area (Å²) in [5.74, 6) is 0. The molecule has 0 amide bonds. The Morgan fingerprint density at radius 3 is 2.46 bits per heavy atom. The largest absolute Gasteiger partial charge is 0.378 e. The first-order chi connectivity index (χ1) is 13.5. The predicted molar refractivity (Wildman–Crippen MR) is 118 cm³/mol. The van der Waals surface area contributed by atoms with E-state index in [2.05, 4.69) is 10.1 Å². The average molecular weight is 388 g/mol. The molecule has 28 heavy (non-hydrogen) atoms. The van der Waals surface area contributed by atoms with Crippen LogP contribution in [-0.4, -0.2) is 30.0 Å². The van der Waals surface area contributed by atoms with Crippen LogP contribution in [0.25, 0.3) is 21.3 Å². The van der Waals surface area contributed by atoms with E-state index in [0.717, 1.165) is 32.1 Å². The maximum Gasteiger partial charge on any atom is 0.283 e. The molecule has 0 radical (unpaired) electrons. The third kappa shape index (κ3) is 3.34. The van der Waals surface area contributed by atoms with Gasteiger partial charge in [-0.1, -0.05) is 42.5 Å². The molecule has 5 nitrogen and oxygen atoms in total. The van der Waals surface area contributed by atoms with Gasteiger partial charge in [-0.15, -0.1) is 11.3 Å². The minimum atomic E-state index is -0.158. The number of nitrogens with zero attached hydrogens (tertiary/aromatic N) is 4. The van der Waals surface area contributed by atoms with Gasteiger partial charge in [0.05, 0.1) is 11.6 Å². The molecule has 0 spiro atoms. The molecule has 0 fully saturated rings. The Labute approximate surface area is 167 Å². The Bertz CT molecular complexity index is 1210. The maximum atomic E-state index is 13.1. The van der Waals surface area contributed by atoms with E-state index in [1.54, 1.807) is 6.21 Å². The lowest BCUT2D eigenvalue weighted by molar-refractivity contribution is 0.819. The molecule has 2 heterocycles. The van der Waals surface area contributed by atoms with Crippen molar-refractivity contribution in [2.24, 2.45) is 5.10 Å². The normalized spacial score (nSPS) is 11.4. The molecule has 0 bridgehead atoms. The molecule has 2 aromatic carbocycles. The van der Waals surface area contributed by atoms with Gasteiger partial charge in [0, 0.05) is 30.2 Å². The van der Waals surface area contributed by atoms with Gasteiger partial charge in [-0.3, -0.25) is 4.79 Å². The molecule has 0 unspecified atom stereocenters. The van der Waals surface area contributed by atoms with Gasteiger partial charge in [-0.2, -0.15) is 9.78 Å². The molecule has 0 aliphatic heterocycles. The van der Waals surface area contributed by atoms with Crippen LogP contribution in [-0.2, 0) is 0 Å². The zero-order valence-corrected chi connectivity index (χ0v) is 16.8. The van der Waals surface area contributed by atoms with Crippen molar-refractivity contribution in [1.29, 1.82) is 0 Å². The number of benzene rings is 2. The lowest BCUT2D eigenvalue weighted by Crippen LogP contribution is -2.16. The number of hydrogen-bond acceptors (Lipinski definition) is 5. The second kappa shape index (κ2) is 7.40. The van der Waals surface area contributed by atoms with E-state index >= 15 is 0 Å². The van der Waals surface area contributed by atoms with Crippen molar-refractivity contribution in [3.05, 3.63) is 81.7 Å². The van der Waals surface area contributed by atoms with Crippen LogP contribution in [0.5, 0.6) is 0 Å². The van der Waals surface area contributed by atoms with Crippen LogP contribution in [0.3, 0.4) is 0 Å². The summed E-state index contributed by atoms with van der Waals surface area (Å²) >= 11 is 1.53. The van der Waals surface area contributed by atoms with Crippen molar-refractivity contribution >= 4 is 33.5 Å². The van der Waals surface area contributed by atoms with Crippen molar-refractivity contribution in [2.75, 3.05) is 19.0 Å². The molecule has 0 atom stereocenters. The molecule has 140 valence electrons. The fourth-order valence-electron chi connectivity index (χ4n) is 3.12.